The molecule has 8 heteroatoms. The molecule has 0 aromatic rings. The summed E-state index contributed by atoms with van der Waals surface area (Å²) in [6.45, 7) is 3.29. The summed E-state index contributed by atoms with van der Waals surface area (Å²) in [5.41, 5.74) is 0. The first-order valence-corrected chi connectivity index (χ1v) is 7.49. The van der Waals surface area contributed by atoms with Gasteiger partial charge in [0.25, 0.3) is 0 Å². The first kappa shape index (κ1) is 12.9. The number of hydrogen-bond donors (Lipinski definition) is 0. The van der Waals surface area contributed by atoms with Crippen LogP contribution in [0.1, 0.15) is 0 Å². The smallest absolute Gasteiger partial charge is 0.290 e. The number of rotatable bonds is 5. The maximum absolute atomic E-state index is 11.4. The van der Waals surface area contributed by atoms with Gasteiger partial charge < -0.3 is 0 Å². The molecule has 2 unspecified atom stereocenters. The van der Waals surface area contributed by atoms with Crippen molar-refractivity contribution in [2.24, 2.45) is 0 Å². The molecule has 0 aromatic heterocycles. The summed E-state index contributed by atoms with van der Waals surface area (Å²) in [4.78, 5) is 0. The Morgan fingerprint density at radius 3 is 2.80 bits per heavy atom. The van der Waals surface area contributed by atoms with Gasteiger partial charge in [-0.15, -0.1) is 6.58 Å². The molecule has 0 bridgehead atoms. The average Bonchev–Trinajstić information content (AvgIpc) is 2.47. The topological polar surface area (TPSA) is 78.9 Å². The Morgan fingerprint density at radius 2 is 2.33 bits per heavy atom. The van der Waals surface area contributed by atoms with Crippen molar-refractivity contribution in [2.45, 2.75) is 6.10 Å². The van der Waals surface area contributed by atoms with E-state index >= 15 is 0 Å². The largest absolute Gasteiger partial charge is 0.474 e. The van der Waals surface area contributed by atoms with Crippen LogP contribution in [0.3, 0.4) is 0 Å². The van der Waals surface area contributed by atoms with E-state index in [1.807, 2.05) is 0 Å². The Morgan fingerprint density at radius 1 is 1.67 bits per heavy atom. The zero-order valence-electron chi connectivity index (χ0n) is 8.29. The lowest BCUT2D eigenvalue weighted by Crippen LogP contribution is -2.23. The Kier molecular flexibility index (Phi) is 4.08. The van der Waals surface area contributed by atoms with E-state index < -0.39 is 23.8 Å². The quantitative estimate of drug-likeness (QED) is 0.533. The Hall–Kier alpha value is -0.200. The van der Waals surface area contributed by atoms with Crippen LogP contribution in [0.15, 0.2) is 12.7 Å². The van der Waals surface area contributed by atoms with E-state index in [1.54, 1.807) is 0 Å². The van der Waals surface area contributed by atoms with Gasteiger partial charge in [0, 0.05) is 7.11 Å². The molecule has 1 rings (SSSR count). The number of hydrogen-bond acceptors (Lipinski definition) is 6. The molecule has 6 nitrogen and oxygen atoms in total. The third kappa shape index (κ3) is 3.70. The van der Waals surface area contributed by atoms with Gasteiger partial charge >= 0.3 is 7.82 Å². The first-order valence-electron chi connectivity index (χ1n) is 4.21. The van der Waals surface area contributed by atoms with E-state index in [9.17, 15) is 13.0 Å². The van der Waals surface area contributed by atoms with Crippen LogP contribution in [-0.4, -0.2) is 39.7 Å². The van der Waals surface area contributed by atoms with Crippen molar-refractivity contribution in [3.63, 3.8) is 0 Å². The summed E-state index contributed by atoms with van der Waals surface area (Å²) in [5.74, 6) is -0.378. The van der Waals surface area contributed by atoms with Crippen LogP contribution in [0.25, 0.3) is 0 Å². The Balaban J connectivity index is 2.57. The molecule has 2 atom stereocenters. The molecule has 1 fully saturated rings. The number of phosphoric acid groups is 1. The van der Waals surface area contributed by atoms with Gasteiger partial charge in [0.2, 0.25) is 0 Å². The summed E-state index contributed by atoms with van der Waals surface area (Å²) < 4.78 is 48.2. The molecule has 1 saturated heterocycles. The molecule has 0 spiro atoms. The molecule has 0 aliphatic carbocycles. The van der Waals surface area contributed by atoms with E-state index in [0.717, 1.165) is 0 Å². The van der Waals surface area contributed by atoms with Crippen LogP contribution in [0, 0.1) is 0 Å². The van der Waals surface area contributed by atoms with Crippen molar-refractivity contribution in [1.82, 2.24) is 0 Å². The fourth-order valence-electron chi connectivity index (χ4n) is 1.12. The lowest BCUT2D eigenvalue weighted by atomic mass is 10.4. The number of phosphoric ester groups is 1. The predicted octanol–water partition coefficient (Wildman–Crippen LogP) is 0.757. The van der Waals surface area contributed by atoms with Gasteiger partial charge in [-0.05, 0) is 0 Å². The predicted molar refractivity (Wildman–Crippen MR) is 54.3 cm³/mol. The average molecular weight is 256 g/mol. The minimum Gasteiger partial charge on any atom is -0.290 e. The van der Waals surface area contributed by atoms with Crippen molar-refractivity contribution < 1.29 is 26.6 Å². The molecule has 1 aliphatic heterocycles. The summed E-state index contributed by atoms with van der Waals surface area (Å²) >= 11 is 0. The minimum absolute atomic E-state index is 0.0402. The maximum atomic E-state index is 11.4. The monoisotopic (exact) mass is 256 g/mol. The second-order valence-electron chi connectivity index (χ2n) is 3.02. The van der Waals surface area contributed by atoms with Crippen molar-refractivity contribution >= 4 is 17.7 Å². The SMILES string of the molecule is C=CCS(=O)(=O)CC1COP(=O)(OC)O1. The molecular formula is C7H13O6PS. The van der Waals surface area contributed by atoms with Gasteiger partial charge in [-0.25, -0.2) is 13.0 Å². The zero-order valence-corrected chi connectivity index (χ0v) is 10.00. The van der Waals surface area contributed by atoms with E-state index in [0.29, 0.717) is 0 Å². The normalized spacial score (nSPS) is 31.7. The lowest BCUT2D eigenvalue weighted by molar-refractivity contribution is 0.207. The minimum atomic E-state index is -3.50. The third-order valence-electron chi connectivity index (χ3n) is 1.73. The van der Waals surface area contributed by atoms with Gasteiger partial charge in [-0.3, -0.25) is 13.6 Å². The number of sulfone groups is 1. The van der Waals surface area contributed by atoms with Crippen LogP contribution < -0.4 is 0 Å². The van der Waals surface area contributed by atoms with Crippen LogP contribution in [0.2, 0.25) is 0 Å². The van der Waals surface area contributed by atoms with Crippen molar-refractivity contribution in [2.75, 3.05) is 25.2 Å². The fourth-order valence-corrected chi connectivity index (χ4v) is 3.55. The summed E-state index contributed by atoms with van der Waals surface area (Å²) in [5, 5.41) is 0. The van der Waals surface area contributed by atoms with E-state index in [1.165, 1.54) is 13.2 Å². The molecule has 15 heavy (non-hydrogen) atoms. The highest BCUT2D eigenvalue weighted by Gasteiger charge is 2.39. The summed E-state index contributed by atoms with van der Waals surface area (Å²) in [7, 11) is -5.59. The van der Waals surface area contributed by atoms with Gasteiger partial charge in [0.15, 0.2) is 9.84 Å². The second kappa shape index (κ2) is 4.76. The van der Waals surface area contributed by atoms with Crippen molar-refractivity contribution in [3.05, 3.63) is 12.7 Å². The third-order valence-corrected chi connectivity index (χ3v) is 4.82. The van der Waals surface area contributed by atoms with E-state index in [2.05, 4.69) is 11.1 Å². The highest BCUT2D eigenvalue weighted by atomic mass is 32.2. The molecule has 0 N–H and O–H groups in total. The van der Waals surface area contributed by atoms with E-state index in [-0.39, 0.29) is 18.1 Å². The first-order chi connectivity index (χ1) is 6.91. The molecule has 0 saturated carbocycles. The summed E-state index contributed by atoms with van der Waals surface area (Å²) in [6.07, 6.45) is 0.557. The Labute approximate surface area is 88.7 Å². The zero-order chi connectivity index (χ0) is 11.5. The van der Waals surface area contributed by atoms with Crippen LogP contribution in [-0.2, 0) is 28.0 Å². The molecule has 0 radical (unpaired) electrons. The molecule has 1 aliphatic rings. The fraction of sp³-hybridized carbons (Fsp3) is 0.714. The highest BCUT2D eigenvalue weighted by molar-refractivity contribution is 7.91. The van der Waals surface area contributed by atoms with E-state index in [4.69, 9.17) is 9.05 Å². The Bertz CT molecular complexity index is 375. The van der Waals surface area contributed by atoms with Crippen LogP contribution in [0.4, 0.5) is 0 Å². The van der Waals surface area contributed by atoms with Crippen molar-refractivity contribution in [1.29, 1.82) is 0 Å². The van der Waals surface area contributed by atoms with Crippen molar-refractivity contribution in [3.8, 4) is 0 Å². The second-order valence-corrected chi connectivity index (χ2v) is 6.90. The summed E-state index contributed by atoms with van der Waals surface area (Å²) in [6, 6.07) is 0. The maximum Gasteiger partial charge on any atom is 0.474 e. The molecule has 1 heterocycles. The van der Waals surface area contributed by atoms with Gasteiger partial charge in [-0.2, -0.15) is 0 Å². The standard InChI is InChI=1S/C7H13O6PS/c1-3-4-15(9,10)6-7-5-12-14(8,11-2)13-7/h3,7H,1,4-6H2,2H3. The van der Waals surface area contributed by atoms with Gasteiger partial charge in [0.05, 0.1) is 18.1 Å². The molecule has 0 amide bonds. The molecule has 0 aromatic carbocycles. The lowest BCUT2D eigenvalue weighted by Gasteiger charge is -2.08. The molecule has 88 valence electrons. The highest BCUT2D eigenvalue weighted by Crippen LogP contribution is 2.54. The molecular weight excluding hydrogens is 243 g/mol. The van der Waals surface area contributed by atoms with Crippen LogP contribution >= 0.6 is 7.82 Å². The van der Waals surface area contributed by atoms with Crippen LogP contribution in [0.5, 0.6) is 0 Å². The van der Waals surface area contributed by atoms with Gasteiger partial charge in [-0.1, -0.05) is 6.08 Å². The van der Waals surface area contributed by atoms with Gasteiger partial charge in [0.1, 0.15) is 6.10 Å².